The van der Waals surface area contributed by atoms with Crippen LogP contribution in [0.5, 0.6) is 0 Å². The first-order valence-electron chi connectivity index (χ1n) is 5.04. The van der Waals surface area contributed by atoms with Crippen LogP contribution in [0, 0.1) is 11.8 Å². The second kappa shape index (κ2) is 3.24. The Bertz CT molecular complexity index is 280. The first-order chi connectivity index (χ1) is 6.08. The van der Waals surface area contributed by atoms with Gasteiger partial charge in [-0.1, -0.05) is 19.3 Å². The SMILES string of the molecule is NC1CCS(=O)(=O)CC1C1CCC1. The van der Waals surface area contributed by atoms with Crippen LogP contribution >= 0.6 is 0 Å². The molecule has 2 rings (SSSR count). The summed E-state index contributed by atoms with van der Waals surface area (Å²) < 4.78 is 22.8. The minimum Gasteiger partial charge on any atom is -0.327 e. The van der Waals surface area contributed by atoms with Gasteiger partial charge in [0.25, 0.3) is 0 Å². The first-order valence-corrected chi connectivity index (χ1v) is 6.87. The van der Waals surface area contributed by atoms with Gasteiger partial charge in [0, 0.05) is 6.04 Å². The maximum absolute atomic E-state index is 11.4. The van der Waals surface area contributed by atoms with Crippen LogP contribution < -0.4 is 5.73 Å². The molecule has 2 unspecified atom stereocenters. The molecule has 76 valence electrons. The van der Waals surface area contributed by atoms with Gasteiger partial charge in [-0.15, -0.1) is 0 Å². The molecule has 0 aromatic rings. The Morgan fingerprint density at radius 3 is 2.38 bits per heavy atom. The van der Waals surface area contributed by atoms with Crippen molar-refractivity contribution in [1.82, 2.24) is 0 Å². The van der Waals surface area contributed by atoms with E-state index in [2.05, 4.69) is 0 Å². The Morgan fingerprint density at radius 1 is 1.15 bits per heavy atom. The topological polar surface area (TPSA) is 60.2 Å². The van der Waals surface area contributed by atoms with E-state index < -0.39 is 9.84 Å². The van der Waals surface area contributed by atoms with Crippen molar-refractivity contribution in [2.45, 2.75) is 31.7 Å². The zero-order valence-electron chi connectivity index (χ0n) is 7.78. The van der Waals surface area contributed by atoms with Crippen molar-refractivity contribution in [3.05, 3.63) is 0 Å². The Morgan fingerprint density at radius 2 is 1.85 bits per heavy atom. The quantitative estimate of drug-likeness (QED) is 0.677. The molecule has 1 saturated carbocycles. The van der Waals surface area contributed by atoms with Crippen molar-refractivity contribution in [1.29, 1.82) is 0 Å². The highest BCUT2D eigenvalue weighted by molar-refractivity contribution is 7.91. The fourth-order valence-corrected chi connectivity index (χ4v) is 4.29. The Hall–Kier alpha value is -0.0900. The normalized spacial score (nSPS) is 39.8. The molecule has 0 aromatic heterocycles. The van der Waals surface area contributed by atoms with Gasteiger partial charge in [0.15, 0.2) is 9.84 Å². The molecule has 1 heterocycles. The van der Waals surface area contributed by atoms with Crippen LogP contribution in [0.4, 0.5) is 0 Å². The molecule has 2 fully saturated rings. The molecule has 2 N–H and O–H groups in total. The zero-order chi connectivity index (χ0) is 9.47. The van der Waals surface area contributed by atoms with Crippen LogP contribution in [0.3, 0.4) is 0 Å². The van der Waals surface area contributed by atoms with E-state index in [-0.39, 0.29) is 12.0 Å². The van der Waals surface area contributed by atoms with Crippen LogP contribution in [0.25, 0.3) is 0 Å². The predicted molar refractivity (Wildman–Crippen MR) is 52.1 cm³/mol. The highest BCUT2D eigenvalue weighted by Gasteiger charge is 2.38. The van der Waals surface area contributed by atoms with Gasteiger partial charge in [-0.3, -0.25) is 0 Å². The van der Waals surface area contributed by atoms with Gasteiger partial charge in [0.2, 0.25) is 0 Å². The third-order valence-corrected chi connectivity index (χ3v) is 5.26. The number of sulfone groups is 1. The minimum atomic E-state index is -2.77. The molecule has 1 aliphatic heterocycles. The summed E-state index contributed by atoms with van der Waals surface area (Å²) in [6.07, 6.45) is 4.30. The summed E-state index contributed by atoms with van der Waals surface area (Å²) in [5.74, 6) is 1.51. The molecule has 0 bridgehead atoms. The van der Waals surface area contributed by atoms with E-state index in [0.29, 0.717) is 23.8 Å². The molecular formula is C9H17NO2S. The molecule has 4 heteroatoms. The monoisotopic (exact) mass is 203 g/mol. The van der Waals surface area contributed by atoms with Crippen molar-refractivity contribution in [3.63, 3.8) is 0 Å². The molecule has 0 spiro atoms. The molecule has 1 aliphatic carbocycles. The number of hydrogen-bond acceptors (Lipinski definition) is 3. The van der Waals surface area contributed by atoms with Crippen LogP contribution in [-0.2, 0) is 9.84 Å². The van der Waals surface area contributed by atoms with Crippen molar-refractivity contribution in [2.75, 3.05) is 11.5 Å². The Balaban J connectivity index is 2.06. The lowest BCUT2D eigenvalue weighted by molar-refractivity contribution is 0.188. The summed E-state index contributed by atoms with van der Waals surface area (Å²) in [5.41, 5.74) is 5.95. The fourth-order valence-electron chi connectivity index (χ4n) is 2.38. The molecule has 1 saturated heterocycles. The zero-order valence-corrected chi connectivity index (χ0v) is 8.59. The summed E-state index contributed by atoms with van der Waals surface area (Å²) in [6.45, 7) is 0. The molecular weight excluding hydrogens is 186 g/mol. The molecule has 13 heavy (non-hydrogen) atoms. The van der Waals surface area contributed by atoms with E-state index in [1.807, 2.05) is 0 Å². The molecule has 0 amide bonds. The van der Waals surface area contributed by atoms with Gasteiger partial charge in [0.1, 0.15) is 0 Å². The lowest BCUT2D eigenvalue weighted by Gasteiger charge is -2.39. The van der Waals surface area contributed by atoms with Crippen LogP contribution in [0.15, 0.2) is 0 Å². The van der Waals surface area contributed by atoms with Crippen LogP contribution in [0.2, 0.25) is 0 Å². The molecule has 2 atom stereocenters. The van der Waals surface area contributed by atoms with E-state index in [1.165, 1.54) is 19.3 Å². The van der Waals surface area contributed by atoms with Gasteiger partial charge >= 0.3 is 0 Å². The van der Waals surface area contributed by atoms with Crippen molar-refractivity contribution < 1.29 is 8.42 Å². The number of rotatable bonds is 1. The van der Waals surface area contributed by atoms with Crippen LogP contribution in [0.1, 0.15) is 25.7 Å². The Kier molecular flexibility index (Phi) is 2.36. The van der Waals surface area contributed by atoms with Gasteiger partial charge in [-0.2, -0.15) is 0 Å². The average molecular weight is 203 g/mol. The van der Waals surface area contributed by atoms with Crippen molar-refractivity contribution >= 4 is 9.84 Å². The van der Waals surface area contributed by atoms with E-state index in [0.717, 1.165) is 0 Å². The summed E-state index contributed by atoms with van der Waals surface area (Å²) in [5, 5.41) is 0. The summed E-state index contributed by atoms with van der Waals surface area (Å²) in [7, 11) is -2.77. The second-order valence-corrected chi connectivity index (χ2v) is 6.65. The summed E-state index contributed by atoms with van der Waals surface area (Å²) >= 11 is 0. The van der Waals surface area contributed by atoms with Crippen LogP contribution in [-0.4, -0.2) is 26.0 Å². The Labute approximate surface area is 79.6 Å². The van der Waals surface area contributed by atoms with Gasteiger partial charge in [-0.25, -0.2) is 8.42 Å². The lowest BCUT2D eigenvalue weighted by atomic mass is 9.73. The van der Waals surface area contributed by atoms with E-state index in [9.17, 15) is 8.42 Å². The standard InChI is InChI=1S/C9H17NO2S/c10-9-4-5-13(11,12)6-8(9)7-2-1-3-7/h7-9H,1-6,10H2. The summed E-state index contributed by atoms with van der Waals surface area (Å²) in [6, 6.07) is 0.133. The third kappa shape index (κ3) is 1.89. The van der Waals surface area contributed by atoms with Crippen molar-refractivity contribution in [2.24, 2.45) is 17.6 Å². The molecule has 3 nitrogen and oxygen atoms in total. The smallest absolute Gasteiger partial charge is 0.150 e. The van der Waals surface area contributed by atoms with E-state index in [1.54, 1.807) is 0 Å². The van der Waals surface area contributed by atoms with E-state index >= 15 is 0 Å². The average Bonchev–Trinajstić information content (AvgIpc) is 1.93. The van der Waals surface area contributed by atoms with Crippen molar-refractivity contribution in [3.8, 4) is 0 Å². The molecule has 0 radical (unpaired) electrons. The maximum atomic E-state index is 11.4. The first kappa shape index (κ1) is 9.46. The fraction of sp³-hybridized carbons (Fsp3) is 1.00. The largest absolute Gasteiger partial charge is 0.327 e. The molecule has 0 aromatic carbocycles. The third-order valence-electron chi connectivity index (χ3n) is 3.51. The number of hydrogen-bond donors (Lipinski definition) is 1. The highest BCUT2D eigenvalue weighted by Crippen LogP contribution is 2.37. The molecule has 2 aliphatic rings. The lowest BCUT2D eigenvalue weighted by Crippen LogP contribution is -2.46. The van der Waals surface area contributed by atoms with Gasteiger partial charge in [0.05, 0.1) is 11.5 Å². The summed E-state index contributed by atoms with van der Waals surface area (Å²) in [4.78, 5) is 0. The second-order valence-electron chi connectivity index (χ2n) is 4.42. The predicted octanol–water partition coefficient (Wildman–Crippen LogP) is 0.548. The maximum Gasteiger partial charge on any atom is 0.150 e. The van der Waals surface area contributed by atoms with E-state index in [4.69, 9.17) is 5.73 Å². The number of nitrogens with two attached hydrogens (primary N) is 1. The van der Waals surface area contributed by atoms with Gasteiger partial charge < -0.3 is 5.73 Å². The minimum absolute atomic E-state index is 0.133. The highest BCUT2D eigenvalue weighted by atomic mass is 32.2. The van der Waals surface area contributed by atoms with Gasteiger partial charge in [-0.05, 0) is 18.3 Å².